The Morgan fingerprint density at radius 1 is 1.08 bits per heavy atom. The van der Waals surface area contributed by atoms with Crippen molar-refractivity contribution < 1.29 is 47.0 Å². The molecule has 6 rings (SSSR count). The van der Waals surface area contributed by atoms with Gasteiger partial charge in [-0.25, -0.2) is 23.2 Å². The molecule has 0 bridgehead atoms. The molecule has 19 heteroatoms. The fraction of sp³-hybridized carbons (Fsp3) is 0.382. The van der Waals surface area contributed by atoms with Crippen LogP contribution in [0, 0.1) is 0 Å². The molecule has 4 heterocycles. The molecule has 2 aromatic carbocycles. The van der Waals surface area contributed by atoms with Crippen LogP contribution in [0.2, 0.25) is 0 Å². The van der Waals surface area contributed by atoms with Crippen LogP contribution < -0.4 is 31.3 Å². The van der Waals surface area contributed by atoms with Crippen LogP contribution in [0.25, 0.3) is 0 Å². The molecule has 2 saturated heterocycles. The summed E-state index contributed by atoms with van der Waals surface area (Å²) in [5.41, 5.74) is 6.56. The summed E-state index contributed by atoms with van der Waals surface area (Å²) in [4.78, 5) is 74.2. The number of ether oxygens (including phenoxy) is 2. The van der Waals surface area contributed by atoms with Gasteiger partial charge in [0.1, 0.15) is 29.5 Å². The molecular weight excluding hydrogens is 712 g/mol. The predicted molar refractivity (Wildman–Crippen MR) is 187 cm³/mol. The number of piperidine rings is 2. The van der Waals surface area contributed by atoms with Crippen LogP contribution in [0.1, 0.15) is 64.7 Å². The van der Waals surface area contributed by atoms with E-state index in [9.17, 15) is 37.5 Å². The summed E-state index contributed by atoms with van der Waals surface area (Å²) in [5.74, 6) is -1.40. The van der Waals surface area contributed by atoms with E-state index in [4.69, 9.17) is 15.2 Å². The van der Waals surface area contributed by atoms with Gasteiger partial charge in [-0.3, -0.25) is 29.4 Å². The zero-order chi connectivity index (χ0) is 37.9. The number of benzene rings is 2. The fourth-order valence-corrected chi connectivity index (χ4v) is 6.87. The smallest absolute Gasteiger partial charge is 0.407 e. The number of amides is 5. The Morgan fingerprint density at radius 3 is 2.55 bits per heavy atom. The summed E-state index contributed by atoms with van der Waals surface area (Å²) >= 11 is 0. The van der Waals surface area contributed by atoms with Gasteiger partial charge in [0, 0.05) is 43.9 Å². The number of anilines is 3. The highest BCUT2D eigenvalue weighted by Crippen LogP contribution is 2.31. The van der Waals surface area contributed by atoms with E-state index in [1.54, 1.807) is 12.1 Å². The average molecular weight is 751 g/mol. The molecule has 53 heavy (non-hydrogen) atoms. The molecule has 18 nitrogen and oxygen atoms in total. The van der Waals surface area contributed by atoms with Crippen molar-refractivity contribution in [2.45, 2.75) is 55.3 Å². The zero-order valence-electron chi connectivity index (χ0n) is 28.6. The third-order valence-electron chi connectivity index (χ3n) is 8.88. The number of hydrogen-bond acceptors (Lipinski definition) is 15. The number of hydrogen-bond donors (Lipinski definition) is 5. The molecule has 280 valence electrons. The van der Waals surface area contributed by atoms with Gasteiger partial charge in [-0.2, -0.15) is 0 Å². The van der Waals surface area contributed by atoms with Gasteiger partial charge in [-0.1, -0.05) is 0 Å². The lowest BCUT2D eigenvalue weighted by atomic mass is 10.0. The van der Waals surface area contributed by atoms with Gasteiger partial charge in [0.25, 0.3) is 11.8 Å². The van der Waals surface area contributed by atoms with Crippen molar-refractivity contribution in [3.8, 4) is 5.75 Å². The Morgan fingerprint density at radius 2 is 1.83 bits per heavy atom. The SMILES string of the molecule is CS(=O)(=O)c1ccc(Nc2nc(N3CCCC(NC(=O)OCCCOc4ccc5c(c4)C(=O)N(C4CCC(=O)NC4=O)C5=O)C3)cnc2C(N)O)cc1. The molecule has 0 aliphatic carbocycles. The Labute approximate surface area is 303 Å². The number of aromatic nitrogens is 2. The maximum absolute atomic E-state index is 13.0. The Hall–Kier alpha value is -5.66. The van der Waals surface area contributed by atoms with Crippen molar-refractivity contribution in [1.82, 2.24) is 25.5 Å². The van der Waals surface area contributed by atoms with E-state index in [1.165, 1.54) is 36.5 Å². The van der Waals surface area contributed by atoms with Gasteiger partial charge in [0.05, 0.1) is 35.4 Å². The van der Waals surface area contributed by atoms with Gasteiger partial charge in [0.2, 0.25) is 11.8 Å². The van der Waals surface area contributed by atoms with Crippen LogP contribution in [-0.2, 0) is 24.2 Å². The van der Waals surface area contributed by atoms with Crippen molar-refractivity contribution in [3.63, 3.8) is 0 Å². The van der Waals surface area contributed by atoms with Crippen LogP contribution in [0.3, 0.4) is 0 Å². The summed E-state index contributed by atoms with van der Waals surface area (Å²) in [6, 6.07) is 9.11. The number of fused-ring (bicyclic) bond motifs is 1. The standard InChI is InChI=1S/C34H38N8O10S/c1-53(49,50)22-8-5-19(6-9-22)37-30-28(29(35)44)36-17-26(39-30)41-13-2-4-20(18-41)38-34(48)52-15-3-14-51-21-7-10-23-24(16-21)33(47)42(32(23)46)25-11-12-27(43)40-31(25)45/h5-10,16-17,20,25,29,44H,2-4,11-15,18,35H2,1H3,(H,37,39)(H,38,48)(H,40,43,45). The van der Waals surface area contributed by atoms with Gasteiger partial charge in [-0.15, -0.1) is 0 Å². The number of rotatable bonds is 12. The molecule has 3 unspecified atom stereocenters. The first-order valence-corrected chi connectivity index (χ1v) is 18.7. The number of nitrogens with one attached hydrogen (secondary N) is 3. The van der Waals surface area contributed by atoms with E-state index in [-0.39, 0.29) is 59.6 Å². The highest BCUT2D eigenvalue weighted by molar-refractivity contribution is 7.90. The number of imide groups is 2. The lowest BCUT2D eigenvalue weighted by Gasteiger charge is -2.33. The third-order valence-corrected chi connectivity index (χ3v) is 10.0. The van der Waals surface area contributed by atoms with Crippen LogP contribution in [0.15, 0.2) is 53.6 Å². The van der Waals surface area contributed by atoms with Gasteiger partial charge in [0.15, 0.2) is 15.7 Å². The minimum absolute atomic E-state index is 0.0256. The summed E-state index contributed by atoms with van der Waals surface area (Å²) in [6.07, 6.45) is 2.40. The maximum atomic E-state index is 13.0. The molecular formula is C34H38N8O10S. The summed E-state index contributed by atoms with van der Waals surface area (Å²) in [5, 5.41) is 18.2. The number of carbonyl (C=O) groups excluding carboxylic acids is 5. The van der Waals surface area contributed by atoms with Crippen molar-refractivity contribution in [1.29, 1.82) is 0 Å². The van der Waals surface area contributed by atoms with Gasteiger partial charge >= 0.3 is 6.09 Å². The molecule has 3 aromatic rings. The van der Waals surface area contributed by atoms with E-state index in [2.05, 4.69) is 25.9 Å². The first kappa shape index (κ1) is 37.1. The number of aliphatic hydroxyl groups excluding tert-OH is 1. The van der Waals surface area contributed by atoms with Crippen LogP contribution in [0.4, 0.5) is 22.1 Å². The Bertz CT molecular complexity index is 2040. The number of alkyl carbamates (subject to hydrolysis) is 1. The van der Waals surface area contributed by atoms with Crippen molar-refractivity contribution in [2.24, 2.45) is 5.73 Å². The van der Waals surface area contributed by atoms with Crippen molar-refractivity contribution >= 4 is 56.9 Å². The van der Waals surface area contributed by atoms with Gasteiger partial charge < -0.3 is 35.8 Å². The zero-order valence-corrected chi connectivity index (χ0v) is 29.4. The topological polar surface area (TPSA) is 253 Å². The summed E-state index contributed by atoms with van der Waals surface area (Å²) in [6.45, 7) is 1.22. The molecule has 0 spiro atoms. The maximum Gasteiger partial charge on any atom is 0.407 e. The Balaban J connectivity index is 0.970. The minimum Gasteiger partial charge on any atom is -0.493 e. The lowest BCUT2D eigenvalue weighted by molar-refractivity contribution is -0.136. The molecule has 0 saturated carbocycles. The highest BCUT2D eigenvalue weighted by Gasteiger charge is 2.44. The molecule has 3 aliphatic heterocycles. The molecule has 3 atom stereocenters. The summed E-state index contributed by atoms with van der Waals surface area (Å²) in [7, 11) is -3.38. The Kier molecular flexibility index (Phi) is 10.9. The first-order chi connectivity index (χ1) is 25.3. The van der Waals surface area contributed by atoms with E-state index < -0.39 is 51.8 Å². The van der Waals surface area contributed by atoms with Crippen molar-refractivity contribution in [3.05, 3.63) is 65.5 Å². The summed E-state index contributed by atoms with van der Waals surface area (Å²) < 4.78 is 34.7. The monoisotopic (exact) mass is 750 g/mol. The average Bonchev–Trinajstić information content (AvgIpc) is 3.36. The normalized spacial score (nSPS) is 19.4. The molecule has 0 radical (unpaired) electrons. The first-order valence-electron chi connectivity index (χ1n) is 16.8. The second kappa shape index (κ2) is 15.5. The highest BCUT2D eigenvalue weighted by atomic mass is 32.2. The second-order valence-corrected chi connectivity index (χ2v) is 14.8. The number of sulfone groups is 1. The quantitative estimate of drug-likeness (QED) is 0.0989. The third kappa shape index (κ3) is 8.53. The molecule has 6 N–H and O–H groups in total. The minimum atomic E-state index is -3.38. The van der Waals surface area contributed by atoms with Gasteiger partial charge in [-0.05, 0) is 61.7 Å². The number of nitrogens with two attached hydrogens (primary N) is 1. The van der Waals surface area contributed by atoms with E-state index >= 15 is 0 Å². The van der Waals surface area contributed by atoms with Crippen molar-refractivity contribution in [2.75, 3.05) is 42.8 Å². The molecule has 2 fully saturated rings. The number of carbonyl (C=O) groups is 5. The van der Waals surface area contributed by atoms with Crippen LogP contribution in [0.5, 0.6) is 5.75 Å². The molecule has 3 aliphatic rings. The predicted octanol–water partition coefficient (Wildman–Crippen LogP) is 1.14. The van der Waals surface area contributed by atoms with E-state index in [1.807, 2.05) is 4.90 Å². The van der Waals surface area contributed by atoms with E-state index in [0.717, 1.165) is 17.6 Å². The van der Waals surface area contributed by atoms with E-state index in [0.29, 0.717) is 43.2 Å². The largest absolute Gasteiger partial charge is 0.493 e. The van der Waals surface area contributed by atoms with Crippen LogP contribution in [-0.4, -0.2) is 103 Å². The number of aliphatic hydroxyl groups is 1. The number of nitrogens with zero attached hydrogens (tertiary/aromatic N) is 4. The molecule has 5 amide bonds. The fourth-order valence-electron chi connectivity index (χ4n) is 6.24. The molecule has 1 aromatic heterocycles. The lowest BCUT2D eigenvalue weighted by Crippen LogP contribution is -2.54. The second-order valence-electron chi connectivity index (χ2n) is 12.8. The van der Waals surface area contributed by atoms with Crippen LogP contribution >= 0.6 is 0 Å².